The number of nitrogens with one attached hydrogen (secondary N) is 1. The molecule has 1 N–H and O–H groups in total. The van der Waals surface area contributed by atoms with Gasteiger partial charge in [-0.1, -0.05) is 66.2 Å². The molecule has 148 valence electrons. The lowest BCUT2D eigenvalue weighted by molar-refractivity contribution is -0.116. The molecule has 0 fully saturated rings. The van der Waals surface area contributed by atoms with Crippen LogP contribution in [0.1, 0.15) is 29.0 Å². The lowest BCUT2D eigenvalue weighted by Crippen LogP contribution is -2.25. The zero-order chi connectivity index (χ0) is 20.7. The van der Waals surface area contributed by atoms with Crippen molar-refractivity contribution in [2.75, 3.05) is 5.32 Å². The fourth-order valence-corrected chi connectivity index (χ4v) is 4.06. The third kappa shape index (κ3) is 3.08. The maximum absolute atomic E-state index is 14.7. The Morgan fingerprint density at radius 3 is 2.40 bits per heavy atom. The predicted molar refractivity (Wildman–Crippen MR) is 115 cm³/mol. The summed E-state index contributed by atoms with van der Waals surface area (Å²) in [6.45, 7) is 2.02. The second-order valence-electron chi connectivity index (χ2n) is 7.55. The Kier molecular flexibility index (Phi) is 4.43. The molecule has 0 spiro atoms. The van der Waals surface area contributed by atoms with Crippen molar-refractivity contribution in [3.63, 3.8) is 0 Å². The number of hydrogen-bond donors (Lipinski definition) is 1. The molecule has 1 aliphatic rings. The van der Waals surface area contributed by atoms with Gasteiger partial charge in [0.05, 0.1) is 11.4 Å². The summed E-state index contributed by atoms with van der Waals surface area (Å²) in [5, 5.41) is 7.87. The first kappa shape index (κ1) is 18.3. The van der Waals surface area contributed by atoms with Gasteiger partial charge in [-0.25, -0.2) is 9.07 Å². The molecule has 5 rings (SSSR count). The molecule has 4 nitrogen and oxygen atoms in total. The summed E-state index contributed by atoms with van der Waals surface area (Å²) < 4.78 is 16.5. The summed E-state index contributed by atoms with van der Waals surface area (Å²) in [6.07, 6.45) is 0.174. The first-order valence-electron chi connectivity index (χ1n) is 9.91. The molecular formula is C25H20FN3O. The van der Waals surface area contributed by atoms with Crippen LogP contribution in [0.15, 0.2) is 78.9 Å². The largest absolute Gasteiger partial charge is 0.310 e. The molecule has 3 aromatic carbocycles. The van der Waals surface area contributed by atoms with Crippen molar-refractivity contribution >= 4 is 11.7 Å². The highest BCUT2D eigenvalue weighted by Gasteiger charge is 2.35. The standard InChI is InChI=1S/C25H20FN3O/c1-16-11-13-18(14-12-16)29-25-23(24(28-29)17-7-3-2-4-8-17)20(15-22(30)27-25)19-9-5-6-10-21(19)26/h2-14,20H,15H2,1H3,(H,27,30)/t20-/m0/s1. The van der Waals surface area contributed by atoms with Crippen molar-refractivity contribution in [1.29, 1.82) is 0 Å². The van der Waals surface area contributed by atoms with Gasteiger partial charge in [-0.15, -0.1) is 0 Å². The number of carbonyl (C=O) groups excluding carboxylic acids is 1. The van der Waals surface area contributed by atoms with Crippen LogP contribution in [-0.4, -0.2) is 15.7 Å². The first-order chi connectivity index (χ1) is 14.6. The van der Waals surface area contributed by atoms with Crippen LogP contribution in [0, 0.1) is 12.7 Å². The number of rotatable bonds is 3. The lowest BCUT2D eigenvalue weighted by atomic mass is 9.84. The van der Waals surface area contributed by atoms with E-state index in [4.69, 9.17) is 5.10 Å². The van der Waals surface area contributed by atoms with Crippen LogP contribution in [-0.2, 0) is 4.79 Å². The van der Waals surface area contributed by atoms with Crippen molar-refractivity contribution in [3.05, 3.63) is 101 Å². The minimum absolute atomic E-state index is 0.149. The van der Waals surface area contributed by atoms with E-state index in [1.54, 1.807) is 22.9 Å². The molecule has 0 saturated heterocycles. The summed E-state index contributed by atoms with van der Waals surface area (Å²) in [5.74, 6) is -0.277. The van der Waals surface area contributed by atoms with Crippen molar-refractivity contribution in [2.24, 2.45) is 0 Å². The normalized spacial score (nSPS) is 15.5. The van der Waals surface area contributed by atoms with E-state index in [2.05, 4.69) is 5.32 Å². The molecule has 0 aliphatic carbocycles. The third-order valence-electron chi connectivity index (χ3n) is 5.52. The minimum atomic E-state index is -0.413. The number of halogens is 1. The van der Waals surface area contributed by atoms with Gasteiger partial charge in [0.2, 0.25) is 5.91 Å². The number of anilines is 1. The number of amides is 1. The highest BCUT2D eigenvalue weighted by atomic mass is 19.1. The van der Waals surface area contributed by atoms with Gasteiger partial charge in [-0.05, 0) is 30.7 Å². The molecule has 4 aromatic rings. The Morgan fingerprint density at radius 2 is 1.67 bits per heavy atom. The van der Waals surface area contributed by atoms with Gasteiger partial charge >= 0.3 is 0 Å². The van der Waals surface area contributed by atoms with E-state index in [-0.39, 0.29) is 18.1 Å². The van der Waals surface area contributed by atoms with E-state index in [1.807, 2.05) is 61.5 Å². The van der Waals surface area contributed by atoms with Crippen LogP contribution in [0.4, 0.5) is 10.2 Å². The van der Waals surface area contributed by atoms with E-state index < -0.39 is 5.92 Å². The number of aromatic nitrogens is 2. The van der Waals surface area contributed by atoms with Crippen molar-refractivity contribution < 1.29 is 9.18 Å². The number of fused-ring (bicyclic) bond motifs is 1. The van der Waals surface area contributed by atoms with Crippen LogP contribution in [0.5, 0.6) is 0 Å². The van der Waals surface area contributed by atoms with E-state index in [1.165, 1.54) is 6.07 Å². The minimum Gasteiger partial charge on any atom is -0.310 e. The van der Waals surface area contributed by atoms with Gasteiger partial charge < -0.3 is 5.32 Å². The molecule has 0 saturated carbocycles. The van der Waals surface area contributed by atoms with Crippen LogP contribution in [0.25, 0.3) is 16.9 Å². The molecule has 1 aromatic heterocycles. The zero-order valence-electron chi connectivity index (χ0n) is 16.5. The topological polar surface area (TPSA) is 46.9 Å². The maximum Gasteiger partial charge on any atom is 0.226 e. The summed E-state index contributed by atoms with van der Waals surface area (Å²) in [4.78, 5) is 12.6. The first-order valence-corrected chi connectivity index (χ1v) is 9.91. The second kappa shape index (κ2) is 7.26. The Hall–Kier alpha value is -3.73. The number of hydrogen-bond acceptors (Lipinski definition) is 2. The van der Waals surface area contributed by atoms with Gasteiger partial charge in [-0.2, -0.15) is 5.10 Å². The highest BCUT2D eigenvalue weighted by molar-refractivity contribution is 5.96. The molecule has 0 unspecified atom stereocenters. The summed E-state index contributed by atoms with van der Waals surface area (Å²) in [5.41, 5.74) is 5.00. The van der Waals surface area contributed by atoms with Gasteiger partial charge in [0.15, 0.2) is 0 Å². The molecular weight excluding hydrogens is 377 g/mol. The Bertz CT molecular complexity index is 1230. The lowest BCUT2D eigenvalue weighted by Gasteiger charge is -2.25. The van der Waals surface area contributed by atoms with E-state index in [0.29, 0.717) is 11.4 Å². The predicted octanol–water partition coefficient (Wildman–Crippen LogP) is 5.46. The van der Waals surface area contributed by atoms with Crippen LogP contribution < -0.4 is 5.32 Å². The average molecular weight is 397 g/mol. The molecule has 0 radical (unpaired) electrons. The molecule has 1 atom stereocenters. The number of aryl methyl sites for hydroxylation is 1. The van der Waals surface area contributed by atoms with Crippen molar-refractivity contribution in [2.45, 2.75) is 19.3 Å². The van der Waals surface area contributed by atoms with Crippen molar-refractivity contribution in [1.82, 2.24) is 9.78 Å². The van der Waals surface area contributed by atoms with Gasteiger partial charge in [0, 0.05) is 23.5 Å². The van der Waals surface area contributed by atoms with E-state index in [9.17, 15) is 9.18 Å². The Balaban J connectivity index is 1.79. The monoisotopic (exact) mass is 397 g/mol. The molecule has 1 amide bonds. The summed E-state index contributed by atoms with van der Waals surface area (Å²) >= 11 is 0. The fourth-order valence-electron chi connectivity index (χ4n) is 4.06. The quantitative estimate of drug-likeness (QED) is 0.499. The summed E-state index contributed by atoms with van der Waals surface area (Å²) in [6, 6.07) is 24.4. The zero-order valence-corrected chi connectivity index (χ0v) is 16.5. The smallest absolute Gasteiger partial charge is 0.226 e. The molecule has 1 aliphatic heterocycles. The van der Waals surface area contributed by atoms with E-state index in [0.717, 1.165) is 28.1 Å². The van der Waals surface area contributed by atoms with Gasteiger partial charge in [-0.3, -0.25) is 4.79 Å². The van der Waals surface area contributed by atoms with Crippen LogP contribution in [0.3, 0.4) is 0 Å². The summed E-state index contributed by atoms with van der Waals surface area (Å²) in [7, 11) is 0. The van der Waals surface area contributed by atoms with Crippen molar-refractivity contribution in [3.8, 4) is 16.9 Å². The number of benzene rings is 3. The maximum atomic E-state index is 14.7. The van der Waals surface area contributed by atoms with Crippen LogP contribution >= 0.6 is 0 Å². The molecule has 2 heterocycles. The Labute approximate surface area is 174 Å². The van der Waals surface area contributed by atoms with Gasteiger partial charge in [0.25, 0.3) is 0 Å². The number of carbonyl (C=O) groups is 1. The second-order valence-corrected chi connectivity index (χ2v) is 7.55. The van der Waals surface area contributed by atoms with E-state index >= 15 is 0 Å². The average Bonchev–Trinajstić information content (AvgIpc) is 3.14. The highest BCUT2D eigenvalue weighted by Crippen LogP contribution is 2.44. The molecule has 0 bridgehead atoms. The molecule has 5 heteroatoms. The third-order valence-corrected chi connectivity index (χ3v) is 5.52. The Morgan fingerprint density at radius 1 is 0.967 bits per heavy atom. The molecule has 30 heavy (non-hydrogen) atoms. The fraction of sp³-hybridized carbons (Fsp3) is 0.120. The SMILES string of the molecule is Cc1ccc(-n2nc(-c3ccccc3)c3c2NC(=O)C[C@H]3c2ccccc2F)cc1. The number of nitrogens with zero attached hydrogens (tertiary/aromatic N) is 2. The van der Waals surface area contributed by atoms with Gasteiger partial charge in [0.1, 0.15) is 11.6 Å². The van der Waals surface area contributed by atoms with Crippen LogP contribution in [0.2, 0.25) is 0 Å².